The van der Waals surface area contributed by atoms with Gasteiger partial charge in [-0.25, -0.2) is 4.39 Å². The molecular formula is C21H26FIN4O. The lowest BCUT2D eigenvalue weighted by molar-refractivity contribution is -0.121. The molecule has 7 heteroatoms. The molecule has 2 aromatic rings. The largest absolute Gasteiger partial charge is 0.369 e. The molecule has 0 saturated carbocycles. The monoisotopic (exact) mass is 496 g/mol. The molecule has 0 spiro atoms. The third-order valence-corrected chi connectivity index (χ3v) is 4.74. The van der Waals surface area contributed by atoms with Crippen molar-refractivity contribution in [3.63, 3.8) is 0 Å². The first-order valence-electron chi connectivity index (χ1n) is 9.26. The maximum absolute atomic E-state index is 13.1. The van der Waals surface area contributed by atoms with E-state index in [1.807, 2.05) is 19.1 Å². The van der Waals surface area contributed by atoms with Gasteiger partial charge in [0.2, 0.25) is 5.91 Å². The second-order valence-electron chi connectivity index (χ2n) is 6.65. The van der Waals surface area contributed by atoms with E-state index in [9.17, 15) is 9.18 Å². The van der Waals surface area contributed by atoms with E-state index in [4.69, 9.17) is 5.73 Å². The van der Waals surface area contributed by atoms with Crippen molar-refractivity contribution in [3.05, 3.63) is 65.5 Å². The van der Waals surface area contributed by atoms with Crippen LogP contribution in [0.5, 0.6) is 0 Å². The summed E-state index contributed by atoms with van der Waals surface area (Å²) in [6, 6.07) is 14.4. The van der Waals surface area contributed by atoms with Crippen LogP contribution < -0.4 is 16.0 Å². The van der Waals surface area contributed by atoms with E-state index in [0.29, 0.717) is 6.42 Å². The van der Waals surface area contributed by atoms with Crippen molar-refractivity contribution >= 4 is 41.5 Å². The Kier molecular flexibility index (Phi) is 8.22. The molecule has 0 saturated heterocycles. The molecule has 0 aliphatic carbocycles. The predicted molar refractivity (Wildman–Crippen MR) is 122 cm³/mol. The molecule has 150 valence electrons. The standard InChI is InChI=1S/C21H25FN4O.HI/c1-2-24-21(26-12-11-16-5-3-4-6-19(16)26)25-14-17(20(23)27)13-15-7-9-18(22)10-8-15;/h3-10,17H,2,11-14H2,1H3,(H2,23,27)(H,24,25);1H. The third kappa shape index (κ3) is 5.43. The van der Waals surface area contributed by atoms with Gasteiger partial charge in [0.05, 0.1) is 12.5 Å². The van der Waals surface area contributed by atoms with E-state index in [2.05, 4.69) is 27.3 Å². The molecule has 5 nitrogen and oxygen atoms in total. The maximum atomic E-state index is 13.1. The highest BCUT2D eigenvalue weighted by atomic mass is 127. The summed E-state index contributed by atoms with van der Waals surface area (Å²) in [4.78, 5) is 18.7. The summed E-state index contributed by atoms with van der Waals surface area (Å²) in [6.45, 7) is 3.89. The lowest BCUT2D eigenvalue weighted by atomic mass is 9.99. The second kappa shape index (κ2) is 10.4. The summed E-state index contributed by atoms with van der Waals surface area (Å²) in [5, 5.41) is 3.31. The fraction of sp³-hybridized carbons (Fsp3) is 0.333. The molecule has 0 bridgehead atoms. The number of amides is 1. The van der Waals surface area contributed by atoms with E-state index in [1.54, 1.807) is 12.1 Å². The van der Waals surface area contributed by atoms with Gasteiger partial charge in [0.15, 0.2) is 5.96 Å². The first kappa shape index (κ1) is 22.1. The summed E-state index contributed by atoms with van der Waals surface area (Å²) in [5.41, 5.74) is 8.89. The molecule has 3 rings (SSSR count). The van der Waals surface area contributed by atoms with Crippen LogP contribution in [0.3, 0.4) is 0 Å². The average molecular weight is 496 g/mol. The Balaban J connectivity index is 0.00000280. The Morgan fingerprint density at radius 1 is 1.25 bits per heavy atom. The molecule has 1 aliphatic heterocycles. The van der Waals surface area contributed by atoms with Crippen molar-refractivity contribution < 1.29 is 9.18 Å². The van der Waals surface area contributed by atoms with E-state index in [1.165, 1.54) is 17.7 Å². The Bertz CT molecular complexity index is 825. The summed E-state index contributed by atoms with van der Waals surface area (Å²) >= 11 is 0. The van der Waals surface area contributed by atoms with Gasteiger partial charge in [0, 0.05) is 18.8 Å². The maximum Gasteiger partial charge on any atom is 0.222 e. The first-order valence-corrected chi connectivity index (χ1v) is 9.26. The van der Waals surface area contributed by atoms with Gasteiger partial charge in [-0.2, -0.15) is 0 Å². The average Bonchev–Trinajstić information content (AvgIpc) is 3.09. The number of carbonyl (C=O) groups is 1. The topological polar surface area (TPSA) is 70.7 Å². The molecule has 1 amide bonds. The van der Waals surface area contributed by atoms with Gasteiger partial charge in [-0.1, -0.05) is 30.3 Å². The molecular weight excluding hydrogens is 470 g/mol. The van der Waals surface area contributed by atoms with Crippen molar-refractivity contribution in [1.29, 1.82) is 0 Å². The number of anilines is 1. The number of guanidine groups is 1. The Morgan fingerprint density at radius 3 is 2.64 bits per heavy atom. The lowest BCUT2D eigenvalue weighted by Crippen LogP contribution is -2.41. The predicted octanol–water partition coefficient (Wildman–Crippen LogP) is 3.12. The van der Waals surface area contributed by atoms with Gasteiger partial charge in [0.25, 0.3) is 0 Å². The number of nitrogens with zero attached hydrogens (tertiary/aromatic N) is 2. The van der Waals surface area contributed by atoms with Crippen LogP contribution in [0.15, 0.2) is 53.5 Å². The van der Waals surface area contributed by atoms with Gasteiger partial charge in [-0.3, -0.25) is 9.79 Å². The van der Waals surface area contributed by atoms with Gasteiger partial charge >= 0.3 is 0 Å². The van der Waals surface area contributed by atoms with Crippen LogP contribution in [0.25, 0.3) is 0 Å². The number of halogens is 2. The molecule has 1 aliphatic rings. The molecule has 3 N–H and O–H groups in total. The van der Waals surface area contributed by atoms with Crippen molar-refractivity contribution in [2.24, 2.45) is 16.6 Å². The normalized spacial score (nSPS) is 14.2. The summed E-state index contributed by atoms with van der Waals surface area (Å²) in [6.07, 6.45) is 1.41. The number of aliphatic imine (C=N–C) groups is 1. The van der Waals surface area contributed by atoms with Crippen LogP contribution in [0.2, 0.25) is 0 Å². The Hall–Kier alpha value is -2.16. The number of fused-ring (bicyclic) bond motifs is 1. The van der Waals surface area contributed by atoms with E-state index >= 15 is 0 Å². The smallest absolute Gasteiger partial charge is 0.222 e. The molecule has 28 heavy (non-hydrogen) atoms. The fourth-order valence-corrected chi connectivity index (χ4v) is 3.31. The highest BCUT2D eigenvalue weighted by molar-refractivity contribution is 14.0. The molecule has 1 unspecified atom stereocenters. The highest BCUT2D eigenvalue weighted by Gasteiger charge is 2.23. The SMILES string of the molecule is CCNC(=NCC(Cc1ccc(F)cc1)C(N)=O)N1CCc2ccccc21.I. The lowest BCUT2D eigenvalue weighted by Gasteiger charge is -2.23. The zero-order valence-electron chi connectivity index (χ0n) is 15.9. The minimum atomic E-state index is -0.443. The van der Waals surface area contributed by atoms with Crippen LogP contribution in [-0.2, 0) is 17.6 Å². The molecule has 1 atom stereocenters. The summed E-state index contributed by atoms with van der Waals surface area (Å²) < 4.78 is 13.1. The molecule has 0 radical (unpaired) electrons. The molecule has 1 heterocycles. The van der Waals surface area contributed by atoms with Crippen LogP contribution in [0.4, 0.5) is 10.1 Å². The number of nitrogens with one attached hydrogen (secondary N) is 1. The summed E-state index contributed by atoms with van der Waals surface area (Å²) in [5.74, 6) is -0.384. The quantitative estimate of drug-likeness (QED) is 0.367. The van der Waals surface area contributed by atoms with Gasteiger partial charge in [-0.05, 0) is 49.1 Å². The van der Waals surface area contributed by atoms with E-state index < -0.39 is 11.8 Å². The van der Waals surface area contributed by atoms with E-state index in [0.717, 1.165) is 36.7 Å². The number of para-hydroxylation sites is 1. The number of rotatable bonds is 6. The first-order chi connectivity index (χ1) is 13.1. The van der Waals surface area contributed by atoms with Gasteiger partial charge in [0.1, 0.15) is 5.82 Å². The summed E-state index contributed by atoms with van der Waals surface area (Å²) in [7, 11) is 0. The Morgan fingerprint density at radius 2 is 1.96 bits per heavy atom. The Labute approximate surface area is 182 Å². The van der Waals surface area contributed by atoms with Crippen molar-refractivity contribution in [2.45, 2.75) is 19.8 Å². The number of carbonyl (C=O) groups excluding carboxylic acids is 1. The number of hydrogen-bond donors (Lipinski definition) is 2. The van der Waals surface area contributed by atoms with Crippen molar-refractivity contribution in [3.8, 4) is 0 Å². The minimum absolute atomic E-state index is 0. The molecule has 0 fully saturated rings. The zero-order valence-corrected chi connectivity index (χ0v) is 18.2. The second-order valence-corrected chi connectivity index (χ2v) is 6.65. The molecule has 2 aromatic carbocycles. The van der Waals surface area contributed by atoms with Crippen LogP contribution >= 0.6 is 24.0 Å². The van der Waals surface area contributed by atoms with Gasteiger partial charge < -0.3 is 16.0 Å². The highest BCUT2D eigenvalue weighted by Crippen LogP contribution is 2.27. The van der Waals surface area contributed by atoms with Crippen molar-refractivity contribution in [1.82, 2.24) is 5.32 Å². The van der Waals surface area contributed by atoms with Crippen molar-refractivity contribution in [2.75, 3.05) is 24.5 Å². The van der Waals surface area contributed by atoms with Gasteiger partial charge in [-0.15, -0.1) is 24.0 Å². The van der Waals surface area contributed by atoms with Crippen LogP contribution in [0.1, 0.15) is 18.1 Å². The fourth-order valence-electron chi connectivity index (χ4n) is 3.31. The zero-order chi connectivity index (χ0) is 19.2. The number of hydrogen-bond acceptors (Lipinski definition) is 2. The number of benzene rings is 2. The third-order valence-electron chi connectivity index (χ3n) is 4.74. The number of primary amides is 1. The molecule has 0 aromatic heterocycles. The van der Waals surface area contributed by atoms with E-state index in [-0.39, 0.29) is 36.3 Å². The minimum Gasteiger partial charge on any atom is -0.369 e. The van der Waals surface area contributed by atoms with Crippen LogP contribution in [-0.4, -0.2) is 31.5 Å². The van der Waals surface area contributed by atoms with Crippen LogP contribution in [0, 0.1) is 11.7 Å². The number of nitrogens with two attached hydrogens (primary N) is 1.